The van der Waals surface area contributed by atoms with Crippen LogP contribution in [0.5, 0.6) is 0 Å². The van der Waals surface area contributed by atoms with Gasteiger partial charge in [0, 0.05) is 17.7 Å². The van der Waals surface area contributed by atoms with E-state index in [1.54, 1.807) is 0 Å². The van der Waals surface area contributed by atoms with Crippen LogP contribution < -0.4 is 5.32 Å². The summed E-state index contributed by atoms with van der Waals surface area (Å²) >= 11 is 2.23. The van der Waals surface area contributed by atoms with Gasteiger partial charge in [-0.3, -0.25) is 4.79 Å². The van der Waals surface area contributed by atoms with Gasteiger partial charge < -0.3 is 5.32 Å². The second-order valence-corrected chi connectivity index (χ2v) is 10.6. The molecule has 0 spiro atoms. The monoisotopic (exact) mass is 335 g/mol. The molecule has 4 fully saturated rings. The van der Waals surface area contributed by atoms with Crippen molar-refractivity contribution in [2.45, 2.75) is 83.4 Å². The molecule has 0 bridgehead atoms. The molecular weight excluding hydrogens is 302 g/mol. The molecule has 0 radical (unpaired) electrons. The summed E-state index contributed by atoms with van der Waals surface area (Å²) < 4.78 is 0. The maximum atomic E-state index is 11.9. The number of rotatable bonds is 2. The zero-order valence-electron chi connectivity index (χ0n) is 15.1. The van der Waals surface area contributed by atoms with Gasteiger partial charge in [0.15, 0.2) is 0 Å². The normalized spacial score (nSPS) is 52.3. The molecule has 0 aromatic heterocycles. The average molecular weight is 336 g/mol. The quantitative estimate of drug-likeness (QED) is 0.797. The van der Waals surface area contributed by atoms with E-state index in [0.717, 1.165) is 35.8 Å². The van der Waals surface area contributed by atoms with Crippen LogP contribution >= 0.6 is 11.8 Å². The molecule has 4 aliphatic rings. The lowest BCUT2D eigenvalue weighted by molar-refractivity contribution is -0.135. The lowest BCUT2D eigenvalue weighted by Gasteiger charge is -2.60. The fourth-order valence-corrected chi connectivity index (χ4v) is 8.51. The van der Waals surface area contributed by atoms with Crippen LogP contribution in [0.3, 0.4) is 0 Å². The van der Waals surface area contributed by atoms with Crippen molar-refractivity contribution in [2.75, 3.05) is 5.75 Å². The highest BCUT2D eigenvalue weighted by Gasteiger charge is 2.60. The number of hydrogen-bond donors (Lipinski definition) is 1. The molecule has 1 N–H and O–H groups in total. The standard InChI is InChI=1S/C20H33NOS/c1-4-23-17-8-6-14-13-5-7-16-19(2,12-10-18(22)21-16)15(13)9-11-20(14,17)3/h13-17H,4-12H2,1-3H3,(H,21,22)/t13-,14-,15+,16?,17?,19+,20-/m0/s1. The lowest BCUT2D eigenvalue weighted by atomic mass is 9.48. The predicted octanol–water partition coefficient (Wildman–Crippen LogP) is 4.63. The molecule has 1 amide bonds. The smallest absolute Gasteiger partial charge is 0.220 e. The highest BCUT2D eigenvalue weighted by Crippen LogP contribution is 2.65. The third-order valence-corrected chi connectivity index (χ3v) is 9.89. The molecule has 4 rings (SSSR count). The van der Waals surface area contributed by atoms with Crippen LogP contribution in [0.15, 0.2) is 0 Å². The number of carbonyl (C=O) groups is 1. The molecule has 0 aromatic rings. The number of amides is 1. The molecule has 0 aromatic carbocycles. The number of carbonyl (C=O) groups excluding carboxylic acids is 1. The average Bonchev–Trinajstić information content (AvgIpc) is 2.85. The summed E-state index contributed by atoms with van der Waals surface area (Å²) in [4.78, 5) is 11.9. The third kappa shape index (κ3) is 2.32. The van der Waals surface area contributed by atoms with Gasteiger partial charge in [-0.1, -0.05) is 20.8 Å². The van der Waals surface area contributed by atoms with Gasteiger partial charge in [0.2, 0.25) is 5.91 Å². The number of nitrogens with one attached hydrogen (secondary N) is 1. The van der Waals surface area contributed by atoms with Crippen molar-refractivity contribution in [1.29, 1.82) is 0 Å². The Balaban J connectivity index is 1.59. The Morgan fingerprint density at radius 1 is 1.04 bits per heavy atom. The number of hydrogen-bond acceptors (Lipinski definition) is 2. The largest absolute Gasteiger partial charge is 0.353 e. The van der Waals surface area contributed by atoms with Gasteiger partial charge in [0.05, 0.1) is 0 Å². The van der Waals surface area contributed by atoms with Crippen molar-refractivity contribution in [2.24, 2.45) is 28.6 Å². The molecule has 2 nitrogen and oxygen atoms in total. The van der Waals surface area contributed by atoms with Crippen LogP contribution in [-0.4, -0.2) is 23.0 Å². The molecule has 1 saturated heterocycles. The first-order chi connectivity index (χ1) is 11.0. The first-order valence-electron chi connectivity index (χ1n) is 9.90. The Bertz CT molecular complexity index is 494. The van der Waals surface area contributed by atoms with Gasteiger partial charge in [0.25, 0.3) is 0 Å². The maximum Gasteiger partial charge on any atom is 0.220 e. The minimum absolute atomic E-state index is 0.298. The zero-order valence-corrected chi connectivity index (χ0v) is 15.9. The molecule has 1 aliphatic heterocycles. The summed E-state index contributed by atoms with van der Waals surface area (Å²) in [7, 11) is 0. The number of piperidine rings is 1. The predicted molar refractivity (Wildman–Crippen MR) is 97.5 cm³/mol. The van der Waals surface area contributed by atoms with Gasteiger partial charge in [-0.05, 0) is 79.3 Å². The fourth-order valence-electron chi connectivity index (χ4n) is 7.13. The molecule has 1 heterocycles. The molecule has 130 valence electrons. The Labute approximate surface area is 145 Å². The second kappa shape index (κ2) is 5.68. The molecule has 2 unspecified atom stereocenters. The van der Waals surface area contributed by atoms with Crippen molar-refractivity contribution in [3.63, 3.8) is 0 Å². The van der Waals surface area contributed by atoms with Crippen LogP contribution in [-0.2, 0) is 4.79 Å². The van der Waals surface area contributed by atoms with Crippen molar-refractivity contribution in [3.8, 4) is 0 Å². The van der Waals surface area contributed by atoms with Crippen LogP contribution in [0.4, 0.5) is 0 Å². The molecular formula is C20H33NOS. The van der Waals surface area contributed by atoms with E-state index in [1.807, 2.05) is 0 Å². The number of thioether (sulfide) groups is 1. The maximum absolute atomic E-state index is 11.9. The van der Waals surface area contributed by atoms with Crippen LogP contribution in [0.25, 0.3) is 0 Å². The third-order valence-electron chi connectivity index (χ3n) is 8.38. The molecule has 3 aliphatic carbocycles. The molecule has 23 heavy (non-hydrogen) atoms. The fraction of sp³-hybridized carbons (Fsp3) is 0.950. The zero-order chi connectivity index (χ0) is 16.2. The Hall–Kier alpha value is -0.180. The van der Waals surface area contributed by atoms with Crippen LogP contribution in [0.2, 0.25) is 0 Å². The first kappa shape index (κ1) is 16.3. The van der Waals surface area contributed by atoms with E-state index >= 15 is 0 Å². The first-order valence-corrected chi connectivity index (χ1v) is 10.9. The Morgan fingerprint density at radius 2 is 1.83 bits per heavy atom. The van der Waals surface area contributed by atoms with Crippen LogP contribution in [0, 0.1) is 28.6 Å². The van der Waals surface area contributed by atoms with E-state index in [2.05, 4.69) is 37.8 Å². The van der Waals surface area contributed by atoms with Crippen molar-refractivity contribution in [3.05, 3.63) is 0 Å². The molecule has 7 atom stereocenters. The Kier molecular flexibility index (Phi) is 4.02. The van der Waals surface area contributed by atoms with Gasteiger partial charge >= 0.3 is 0 Å². The van der Waals surface area contributed by atoms with E-state index < -0.39 is 0 Å². The van der Waals surface area contributed by atoms with Gasteiger partial charge in [-0.15, -0.1) is 0 Å². The summed E-state index contributed by atoms with van der Waals surface area (Å²) in [5, 5.41) is 4.25. The highest BCUT2D eigenvalue weighted by molar-refractivity contribution is 7.99. The second-order valence-electron chi connectivity index (χ2n) is 9.15. The van der Waals surface area contributed by atoms with E-state index in [0.29, 0.717) is 22.8 Å². The van der Waals surface area contributed by atoms with Crippen molar-refractivity contribution >= 4 is 17.7 Å². The highest BCUT2D eigenvalue weighted by atomic mass is 32.2. The van der Waals surface area contributed by atoms with Crippen molar-refractivity contribution in [1.82, 2.24) is 5.32 Å². The summed E-state index contributed by atoms with van der Waals surface area (Å²) in [5.74, 6) is 4.29. The summed E-state index contributed by atoms with van der Waals surface area (Å²) in [6, 6.07) is 0.455. The van der Waals surface area contributed by atoms with Crippen molar-refractivity contribution < 1.29 is 4.79 Å². The van der Waals surface area contributed by atoms with Gasteiger partial charge in [-0.2, -0.15) is 11.8 Å². The number of fused-ring (bicyclic) bond motifs is 5. The minimum Gasteiger partial charge on any atom is -0.353 e. The summed E-state index contributed by atoms with van der Waals surface area (Å²) in [6.45, 7) is 7.44. The van der Waals surface area contributed by atoms with Gasteiger partial charge in [-0.25, -0.2) is 0 Å². The topological polar surface area (TPSA) is 29.1 Å². The van der Waals surface area contributed by atoms with Crippen LogP contribution in [0.1, 0.15) is 72.1 Å². The minimum atomic E-state index is 0.298. The van der Waals surface area contributed by atoms with E-state index in [1.165, 1.54) is 44.3 Å². The Morgan fingerprint density at radius 3 is 2.61 bits per heavy atom. The van der Waals surface area contributed by atoms with Gasteiger partial charge in [0.1, 0.15) is 0 Å². The SMILES string of the molecule is CCSC1CC[C@H]2[C@@H]3CCC4NC(=O)CC[C@]4(C)[C@@H]3CC[C@]12C. The van der Waals surface area contributed by atoms with E-state index in [9.17, 15) is 4.79 Å². The summed E-state index contributed by atoms with van der Waals surface area (Å²) in [6.07, 6.45) is 10.2. The lowest BCUT2D eigenvalue weighted by Crippen LogP contribution is -2.61. The molecule has 3 heteroatoms. The van der Waals surface area contributed by atoms with E-state index in [4.69, 9.17) is 0 Å². The summed E-state index contributed by atoms with van der Waals surface area (Å²) in [5.41, 5.74) is 0.955. The molecule has 3 saturated carbocycles. The van der Waals surface area contributed by atoms with E-state index in [-0.39, 0.29) is 0 Å².